The van der Waals surface area contributed by atoms with Gasteiger partial charge in [-0.05, 0) is 18.4 Å². The van der Waals surface area contributed by atoms with E-state index in [1.54, 1.807) is 0 Å². The predicted octanol–water partition coefficient (Wildman–Crippen LogP) is 2.21. The van der Waals surface area contributed by atoms with E-state index < -0.39 is 0 Å². The number of aromatic nitrogens is 1. The molecule has 1 N–H and O–H groups in total. The van der Waals surface area contributed by atoms with E-state index in [0.29, 0.717) is 5.92 Å². The number of rotatable bonds is 4. The molecule has 1 saturated heterocycles. The molecule has 18 heavy (non-hydrogen) atoms. The molecule has 1 fully saturated rings. The van der Waals surface area contributed by atoms with Crippen LogP contribution in [0.2, 0.25) is 0 Å². The first-order chi connectivity index (χ1) is 8.68. The van der Waals surface area contributed by atoms with Gasteiger partial charge in [-0.2, -0.15) is 4.39 Å². The maximum atomic E-state index is 13.9. The molecule has 0 radical (unpaired) electrons. The first kappa shape index (κ1) is 13.4. The first-order valence-electron chi connectivity index (χ1n) is 6.73. The fourth-order valence-corrected chi connectivity index (χ4v) is 2.56. The summed E-state index contributed by atoms with van der Waals surface area (Å²) in [5, 5.41) is 3.34. The molecule has 1 atom stereocenters. The summed E-state index contributed by atoms with van der Waals surface area (Å²) in [7, 11) is 0. The molecular formula is C14H22FN3. The van der Waals surface area contributed by atoms with Crippen LogP contribution in [-0.2, 0) is 0 Å². The monoisotopic (exact) mass is 251 g/mol. The van der Waals surface area contributed by atoms with Crippen molar-refractivity contribution in [3.8, 4) is 0 Å². The van der Waals surface area contributed by atoms with Gasteiger partial charge in [0, 0.05) is 44.0 Å². The Morgan fingerprint density at radius 1 is 1.39 bits per heavy atom. The Morgan fingerprint density at radius 3 is 2.72 bits per heavy atom. The first-order valence-corrected chi connectivity index (χ1v) is 6.73. The molecule has 1 aliphatic heterocycles. The minimum atomic E-state index is -0.318. The minimum Gasteiger partial charge on any atom is -0.314 e. The molecule has 0 unspecified atom stereocenters. The maximum Gasteiger partial charge on any atom is 0.217 e. The van der Waals surface area contributed by atoms with Crippen LogP contribution in [0.3, 0.4) is 0 Å². The van der Waals surface area contributed by atoms with E-state index in [9.17, 15) is 4.39 Å². The summed E-state index contributed by atoms with van der Waals surface area (Å²) in [5.74, 6) is 0.228. The standard InChI is InChI=1S/C14H22FN3/c1-11(2)10-13(18-8-6-16-7-9-18)12-4-3-5-17-14(12)15/h3-5,11,13,16H,6-10H2,1-2H3/t13-/m0/s1. The Hall–Kier alpha value is -1.00. The van der Waals surface area contributed by atoms with E-state index in [2.05, 4.69) is 29.0 Å². The largest absolute Gasteiger partial charge is 0.314 e. The van der Waals surface area contributed by atoms with Crippen molar-refractivity contribution < 1.29 is 4.39 Å². The molecule has 0 bridgehead atoms. The van der Waals surface area contributed by atoms with Crippen molar-refractivity contribution >= 4 is 0 Å². The molecule has 0 amide bonds. The number of hydrogen-bond donors (Lipinski definition) is 1. The number of pyridine rings is 1. The lowest BCUT2D eigenvalue weighted by atomic mass is 9.96. The van der Waals surface area contributed by atoms with E-state index in [-0.39, 0.29) is 12.0 Å². The van der Waals surface area contributed by atoms with Crippen LogP contribution in [0.25, 0.3) is 0 Å². The number of hydrogen-bond acceptors (Lipinski definition) is 3. The van der Waals surface area contributed by atoms with Gasteiger partial charge in [-0.15, -0.1) is 0 Å². The summed E-state index contributed by atoms with van der Waals surface area (Å²) < 4.78 is 13.9. The Labute approximate surface area is 108 Å². The normalized spacial score (nSPS) is 19.1. The summed E-state index contributed by atoms with van der Waals surface area (Å²) in [6.45, 7) is 8.29. The van der Waals surface area contributed by atoms with Gasteiger partial charge in [-0.1, -0.05) is 19.9 Å². The smallest absolute Gasteiger partial charge is 0.217 e. The van der Waals surface area contributed by atoms with E-state index in [0.717, 1.165) is 38.2 Å². The molecular weight excluding hydrogens is 229 g/mol. The van der Waals surface area contributed by atoms with Crippen molar-refractivity contribution in [2.24, 2.45) is 5.92 Å². The van der Waals surface area contributed by atoms with Crippen molar-refractivity contribution in [3.05, 3.63) is 29.8 Å². The second-order valence-corrected chi connectivity index (χ2v) is 5.31. The van der Waals surface area contributed by atoms with Gasteiger partial charge in [0.05, 0.1) is 0 Å². The molecule has 100 valence electrons. The van der Waals surface area contributed by atoms with Gasteiger partial charge in [-0.25, -0.2) is 4.98 Å². The van der Waals surface area contributed by atoms with Crippen molar-refractivity contribution in [2.75, 3.05) is 26.2 Å². The zero-order valence-electron chi connectivity index (χ0n) is 11.2. The number of piperazine rings is 1. The molecule has 3 nitrogen and oxygen atoms in total. The van der Waals surface area contributed by atoms with Crippen LogP contribution in [0.15, 0.2) is 18.3 Å². The van der Waals surface area contributed by atoms with Crippen LogP contribution in [0, 0.1) is 11.9 Å². The molecule has 4 heteroatoms. The van der Waals surface area contributed by atoms with E-state index >= 15 is 0 Å². The van der Waals surface area contributed by atoms with Gasteiger partial charge >= 0.3 is 0 Å². The van der Waals surface area contributed by atoms with Gasteiger partial charge in [0.1, 0.15) is 0 Å². The fraction of sp³-hybridized carbons (Fsp3) is 0.643. The lowest BCUT2D eigenvalue weighted by Gasteiger charge is -2.36. The summed E-state index contributed by atoms with van der Waals surface area (Å²) in [5.41, 5.74) is 0.744. The summed E-state index contributed by atoms with van der Waals surface area (Å²) in [6.07, 6.45) is 2.49. The highest BCUT2D eigenvalue weighted by Crippen LogP contribution is 2.29. The average molecular weight is 251 g/mol. The van der Waals surface area contributed by atoms with Crippen LogP contribution in [-0.4, -0.2) is 36.1 Å². The Morgan fingerprint density at radius 2 is 2.11 bits per heavy atom. The van der Waals surface area contributed by atoms with Gasteiger partial charge in [0.2, 0.25) is 5.95 Å². The average Bonchev–Trinajstić information content (AvgIpc) is 2.38. The molecule has 0 spiro atoms. The molecule has 0 aromatic carbocycles. The number of halogens is 1. The van der Waals surface area contributed by atoms with Crippen molar-refractivity contribution in [3.63, 3.8) is 0 Å². The lowest BCUT2D eigenvalue weighted by Crippen LogP contribution is -2.45. The third-order valence-electron chi connectivity index (χ3n) is 3.43. The summed E-state index contributed by atoms with van der Waals surface area (Å²) in [6, 6.07) is 3.85. The van der Waals surface area contributed by atoms with E-state index in [1.165, 1.54) is 6.20 Å². The summed E-state index contributed by atoms with van der Waals surface area (Å²) in [4.78, 5) is 6.16. The van der Waals surface area contributed by atoms with Crippen molar-refractivity contribution in [1.82, 2.24) is 15.2 Å². The topological polar surface area (TPSA) is 28.2 Å². The second kappa shape index (κ2) is 6.25. The molecule has 2 heterocycles. The van der Waals surface area contributed by atoms with E-state index in [4.69, 9.17) is 0 Å². The molecule has 2 rings (SSSR count). The molecule has 1 aliphatic rings. The molecule has 0 saturated carbocycles. The van der Waals surface area contributed by atoms with Crippen LogP contribution in [0.4, 0.5) is 4.39 Å². The minimum absolute atomic E-state index is 0.154. The highest BCUT2D eigenvalue weighted by Gasteiger charge is 2.25. The van der Waals surface area contributed by atoms with Crippen LogP contribution in [0.5, 0.6) is 0 Å². The third kappa shape index (κ3) is 3.27. The second-order valence-electron chi connectivity index (χ2n) is 5.31. The Kier molecular flexibility index (Phi) is 4.66. The fourth-order valence-electron chi connectivity index (χ4n) is 2.56. The molecule has 1 aromatic rings. The number of nitrogens with one attached hydrogen (secondary N) is 1. The zero-order valence-corrected chi connectivity index (χ0v) is 11.2. The Balaban J connectivity index is 2.21. The zero-order chi connectivity index (χ0) is 13.0. The Bertz CT molecular complexity index is 375. The molecule has 1 aromatic heterocycles. The van der Waals surface area contributed by atoms with Crippen molar-refractivity contribution in [2.45, 2.75) is 26.3 Å². The summed E-state index contributed by atoms with van der Waals surface area (Å²) >= 11 is 0. The van der Waals surface area contributed by atoms with Gasteiger partial charge in [0.25, 0.3) is 0 Å². The van der Waals surface area contributed by atoms with Crippen LogP contribution >= 0.6 is 0 Å². The SMILES string of the molecule is CC(C)C[C@@H](c1cccnc1F)N1CCNCC1. The number of nitrogens with zero attached hydrogens (tertiary/aromatic N) is 2. The molecule has 0 aliphatic carbocycles. The van der Waals surface area contributed by atoms with Crippen LogP contribution in [0.1, 0.15) is 31.9 Å². The highest BCUT2D eigenvalue weighted by atomic mass is 19.1. The van der Waals surface area contributed by atoms with Crippen LogP contribution < -0.4 is 5.32 Å². The third-order valence-corrected chi connectivity index (χ3v) is 3.43. The van der Waals surface area contributed by atoms with Crippen molar-refractivity contribution in [1.29, 1.82) is 0 Å². The highest BCUT2D eigenvalue weighted by molar-refractivity contribution is 5.16. The maximum absolute atomic E-state index is 13.9. The van der Waals surface area contributed by atoms with Gasteiger partial charge in [-0.3, -0.25) is 4.90 Å². The van der Waals surface area contributed by atoms with Gasteiger partial charge in [0.15, 0.2) is 0 Å². The lowest BCUT2D eigenvalue weighted by molar-refractivity contribution is 0.150. The van der Waals surface area contributed by atoms with E-state index in [1.807, 2.05) is 12.1 Å². The predicted molar refractivity (Wildman–Crippen MR) is 70.8 cm³/mol. The quantitative estimate of drug-likeness (QED) is 0.832. The van der Waals surface area contributed by atoms with Gasteiger partial charge < -0.3 is 5.32 Å².